The van der Waals surface area contributed by atoms with Crippen LogP contribution in [0.3, 0.4) is 0 Å². The highest BCUT2D eigenvalue weighted by atomic mass is 35.5. The van der Waals surface area contributed by atoms with Gasteiger partial charge in [-0.1, -0.05) is 12.8 Å². The Kier molecular flexibility index (Phi) is 4.65. The molecule has 1 saturated heterocycles. The molecule has 2 aliphatic rings. The molecule has 112 valence electrons. The van der Waals surface area contributed by atoms with Gasteiger partial charge >= 0.3 is 0 Å². The van der Waals surface area contributed by atoms with Gasteiger partial charge in [-0.05, 0) is 32.2 Å². The smallest absolute Gasteiger partial charge is 0.228 e. The number of hydrogen-bond donors (Lipinski definition) is 3. The number of carbonyl (C=O) groups is 1. The number of H-pyrrole nitrogens is 1. The van der Waals surface area contributed by atoms with Gasteiger partial charge < -0.3 is 10.6 Å². The van der Waals surface area contributed by atoms with E-state index in [2.05, 4.69) is 25.8 Å². The summed E-state index contributed by atoms with van der Waals surface area (Å²) >= 11 is 0. The SMILES string of the molecule is CC(NC(=O)[C@@]12CCCC[C@H]1CNC2)c1ncn[nH]1.Cl. The second-order valence-electron chi connectivity index (χ2n) is 5.80. The van der Waals surface area contributed by atoms with Crippen LogP contribution in [0.25, 0.3) is 0 Å². The number of rotatable bonds is 3. The third-order valence-electron chi connectivity index (χ3n) is 4.68. The van der Waals surface area contributed by atoms with E-state index in [-0.39, 0.29) is 29.8 Å². The van der Waals surface area contributed by atoms with Crippen LogP contribution in [0.1, 0.15) is 44.5 Å². The molecular formula is C13H22ClN5O. The lowest BCUT2D eigenvalue weighted by molar-refractivity contribution is -0.134. The van der Waals surface area contributed by atoms with Crippen molar-refractivity contribution in [3.05, 3.63) is 12.2 Å². The fourth-order valence-corrected chi connectivity index (χ4v) is 3.52. The molecule has 0 radical (unpaired) electrons. The summed E-state index contributed by atoms with van der Waals surface area (Å²) in [4.78, 5) is 16.8. The minimum Gasteiger partial charge on any atom is -0.346 e. The summed E-state index contributed by atoms with van der Waals surface area (Å²) in [7, 11) is 0. The highest BCUT2D eigenvalue weighted by molar-refractivity contribution is 5.85. The number of nitrogens with zero attached hydrogens (tertiary/aromatic N) is 2. The maximum absolute atomic E-state index is 12.7. The molecule has 2 fully saturated rings. The maximum Gasteiger partial charge on any atom is 0.228 e. The van der Waals surface area contributed by atoms with Gasteiger partial charge in [-0.2, -0.15) is 5.10 Å². The molecule has 1 saturated carbocycles. The summed E-state index contributed by atoms with van der Waals surface area (Å²) in [6.07, 6.45) is 6.04. The van der Waals surface area contributed by atoms with Gasteiger partial charge in [0.15, 0.2) is 0 Å². The number of aromatic nitrogens is 3. The molecule has 3 N–H and O–H groups in total. The van der Waals surface area contributed by atoms with Gasteiger partial charge in [0.2, 0.25) is 5.91 Å². The summed E-state index contributed by atoms with van der Waals surface area (Å²) < 4.78 is 0. The molecule has 3 atom stereocenters. The van der Waals surface area contributed by atoms with Gasteiger partial charge in [-0.3, -0.25) is 9.89 Å². The van der Waals surface area contributed by atoms with E-state index >= 15 is 0 Å². The fraction of sp³-hybridized carbons (Fsp3) is 0.769. The first-order valence-corrected chi connectivity index (χ1v) is 7.09. The van der Waals surface area contributed by atoms with Crippen LogP contribution in [-0.4, -0.2) is 34.2 Å². The molecular weight excluding hydrogens is 278 g/mol. The zero-order valence-electron chi connectivity index (χ0n) is 11.7. The molecule has 0 bridgehead atoms. The lowest BCUT2D eigenvalue weighted by atomic mass is 9.67. The summed E-state index contributed by atoms with van der Waals surface area (Å²) in [6.45, 7) is 3.73. The minimum absolute atomic E-state index is 0. The Morgan fingerprint density at radius 3 is 3.15 bits per heavy atom. The Labute approximate surface area is 124 Å². The van der Waals surface area contributed by atoms with Crippen molar-refractivity contribution in [1.29, 1.82) is 0 Å². The van der Waals surface area contributed by atoms with Gasteiger partial charge in [0.05, 0.1) is 11.5 Å². The largest absolute Gasteiger partial charge is 0.346 e. The number of carbonyl (C=O) groups excluding carboxylic acids is 1. The molecule has 1 unspecified atom stereocenters. The van der Waals surface area contributed by atoms with Crippen LogP contribution in [0.15, 0.2) is 6.33 Å². The molecule has 1 aromatic rings. The number of fused-ring (bicyclic) bond motifs is 1. The Hall–Kier alpha value is -1.14. The first-order chi connectivity index (χ1) is 9.22. The molecule has 1 aliphatic heterocycles. The van der Waals surface area contributed by atoms with E-state index in [1.165, 1.54) is 12.7 Å². The Morgan fingerprint density at radius 1 is 1.55 bits per heavy atom. The molecule has 0 spiro atoms. The summed E-state index contributed by atoms with van der Waals surface area (Å²) in [6, 6.07) is -0.118. The highest BCUT2D eigenvalue weighted by Crippen LogP contribution is 2.44. The molecule has 7 heteroatoms. The number of hydrogen-bond acceptors (Lipinski definition) is 4. The zero-order chi connectivity index (χ0) is 13.3. The average Bonchev–Trinajstić information content (AvgIpc) is 3.08. The average molecular weight is 300 g/mol. The molecule has 20 heavy (non-hydrogen) atoms. The van der Waals surface area contributed by atoms with Gasteiger partial charge in [0.25, 0.3) is 0 Å². The van der Waals surface area contributed by atoms with Crippen molar-refractivity contribution in [3.8, 4) is 0 Å². The number of nitrogens with one attached hydrogen (secondary N) is 3. The van der Waals surface area contributed by atoms with E-state index in [9.17, 15) is 4.79 Å². The quantitative estimate of drug-likeness (QED) is 0.783. The van der Waals surface area contributed by atoms with Gasteiger partial charge in [0.1, 0.15) is 12.2 Å². The minimum atomic E-state index is -0.202. The van der Waals surface area contributed by atoms with Crippen molar-refractivity contribution in [3.63, 3.8) is 0 Å². The van der Waals surface area contributed by atoms with Crippen molar-refractivity contribution < 1.29 is 4.79 Å². The number of halogens is 1. The van der Waals surface area contributed by atoms with E-state index in [0.717, 1.165) is 32.4 Å². The maximum atomic E-state index is 12.7. The molecule has 1 aromatic heterocycles. The van der Waals surface area contributed by atoms with E-state index in [1.54, 1.807) is 0 Å². The first kappa shape index (κ1) is 15.3. The highest BCUT2D eigenvalue weighted by Gasteiger charge is 2.50. The standard InChI is InChI=1S/C13H21N5O.ClH/c1-9(11-15-8-16-18-11)17-12(19)13-5-3-2-4-10(13)6-14-7-13;/h8-10,14H,2-7H2,1H3,(H,17,19)(H,15,16,18);1H/t9?,10-,13+;/m0./s1. The lowest BCUT2D eigenvalue weighted by Gasteiger charge is -2.37. The zero-order valence-corrected chi connectivity index (χ0v) is 12.5. The van der Waals surface area contributed by atoms with Gasteiger partial charge in [0, 0.05) is 6.54 Å². The lowest BCUT2D eigenvalue weighted by Crippen LogP contribution is -2.48. The third kappa shape index (κ3) is 2.54. The van der Waals surface area contributed by atoms with Crippen molar-refractivity contribution in [2.75, 3.05) is 13.1 Å². The fourth-order valence-electron chi connectivity index (χ4n) is 3.52. The van der Waals surface area contributed by atoms with Crippen LogP contribution in [0, 0.1) is 11.3 Å². The van der Waals surface area contributed by atoms with Gasteiger partial charge in [-0.25, -0.2) is 4.98 Å². The van der Waals surface area contributed by atoms with Crippen LogP contribution < -0.4 is 10.6 Å². The van der Waals surface area contributed by atoms with Crippen molar-refractivity contribution in [2.45, 2.75) is 38.6 Å². The van der Waals surface area contributed by atoms with Crippen molar-refractivity contribution in [2.24, 2.45) is 11.3 Å². The van der Waals surface area contributed by atoms with Crippen molar-refractivity contribution >= 4 is 18.3 Å². The molecule has 0 aromatic carbocycles. The summed E-state index contributed by atoms with van der Waals surface area (Å²) in [5, 5.41) is 13.1. The van der Waals surface area contributed by atoms with Crippen LogP contribution in [0.4, 0.5) is 0 Å². The predicted molar refractivity (Wildman–Crippen MR) is 77.4 cm³/mol. The van der Waals surface area contributed by atoms with Crippen LogP contribution >= 0.6 is 12.4 Å². The molecule has 1 aliphatic carbocycles. The topological polar surface area (TPSA) is 82.7 Å². The molecule has 6 nitrogen and oxygen atoms in total. The van der Waals surface area contributed by atoms with Crippen LogP contribution in [0.2, 0.25) is 0 Å². The van der Waals surface area contributed by atoms with Gasteiger partial charge in [-0.15, -0.1) is 12.4 Å². The van der Waals surface area contributed by atoms with E-state index in [0.29, 0.717) is 11.7 Å². The Balaban J connectivity index is 0.00000147. The van der Waals surface area contributed by atoms with Crippen LogP contribution in [0.5, 0.6) is 0 Å². The number of amides is 1. The van der Waals surface area contributed by atoms with E-state index in [1.807, 2.05) is 6.92 Å². The Bertz CT molecular complexity index is 452. The summed E-state index contributed by atoms with van der Waals surface area (Å²) in [5.41, 5.74) is -0.202. The first-order valence-electron chi connectivity index (χ1n) is 7.09. The van der Waals surface area contributed by atoms with Crippen molar-refractivity contribution in [1.82, 2.24) is 25.8 Å². The molecule has 3 rings (SSSR count). The van der Waals surface area contributed by atoms with E-state index in [4.69, 9.17) is 0 Å². The van der Waals surface area contributed by atoms with E-state index < -0.39 is 0 Å². The second kappa shape index (κ2) is 6.10. The number of aromatic amines is 1. The van der Waals surface area contributed by atoms with Crippen LogP contribution in [-0.2, 0) is 4.79 Å². The predicted octanol–water partition coefficient (Wildman–Crippen LogP) is 1.18. The normalized spacial score (nSPS) is 30.1. The monoisotopic (exact) mass is 299 g/mol. The second-order valence-corrected chi connectivity index (χ2v) is 5.80. The molecule has 2 heterocycles. The summed E-state index contributed by atoms with van der Waals surface area (Å²) in [5.74, 6) is 1.37. The Morgan fingerprint density at radius 2 is 2.40 bits per heavy atom. The third-order valence-corrected chi connectivity index (χ3v) is 4.68. The molecule has 1 amide bonds.